The Morgan fingerprint density at radius 2 is 1.97 bits per heavy atom. The lowest BCUT2D eigenvalue weighted by Crippen LogP contribution is -2.46. The molecule has 6 bridgehead atoms. The van der Waals surface area contributed by atoms with E-state index in [9.17, 15) is 8.42 Å². The average Bonchev–Trinajstić information content (AvgIpc) is 3.54. The number of hydrogen-bond donors (Lipinski definition) is 2. The predicted molar refractivity (Wildman–Crippen MR) is 131 cm³/mol. The molecule has 5 heterocycles. The third-order valence-electron chi connectivity index (χ3n) is 7.36. The minimum atomic E-state index is -3.75. The SMILES string of the molecule is CN1CCOc2cc(ccn2)-c2ccc3c(c2Nc2n[nH]c(n2)S(=O)(=O)N2CCC1CC2)CCC3. The zero-order valence-corrected chi connectivity index (χ0v) is 20.5. The highest BCUT2D eigenvalue weighted by Crippen LogP contribution is 2.39. The fourth-order valence-electron chi connectivity index (χ4n) is 5.36. The van der Waals surface area contributed by atoms with Gasteiger partial charge in [-0.05, 0) is 61.9 Å². The number of anilines is 2. The van der Waals surface area contributed by atoms with E-state index in [1.807, 2.05) is 12.1 Å². The number of aromatic nitrogens is 4. The van der Waals surface area contributed by atoms with Crippen LogP contribution in [0.15, 0.2) is 35.6 Å². The lowest BCUT2D eigenvalue weighted by molar-refractivity contribution is 0.143. The number of aromatic amines is 1. The van der Waals surface area contributed by atoms with E-state index in [4.69, 9.17) is 4.74 Å². The molecule has 2 aromatic heterocycles. The number of hydrogen-bond acceptors (Lipinski definition) is 8. The number of benzene rings is 1. The van der Waals surface area contributed by atoms with Crippen LogP contribution in [-0.2, 0) is 22.9 Å². The minimum absolute atomic E-state index is 0.123. The van der Waals surface area contributed by atoms with Crippen LogP contribution in [0.2, 0.25) is 0 Å². The van der Waals surface area contributed by atoms with E-state index in [2.05, 4.69) is 49.6 Å². The molecule has 11 heteroatoms. The van der Waals surface area contributed by atoms with Crippen molar-refractivity contribution in [2.75, 3.05) is 38.6 Å². The first-order chi connectivity index (χ1) is 17.0. The Hall–Kier alpha value is -3.02. The van der Waals surface area contributed by atoms with Gasteiger partial charge in [0.05, 0.1) is 5.69 Å². The molecule has 2 N–H and O–H groups in total. The number of ether oxygens (including phenoxy) is 1. The molecule has 7 rings (SSSR count). The highest BCUT2D eigenvalue weighted by atomic mass is 32.2. The Bertz CT molecular complexity index is 1350. The summed E-state index contributed by atoms with van der Waals surface area (Å²) >= 11 is 0. The van der Waals surface area contributed by atoms with Crippen LogP contribution >= 0.6 is 0 Å². The molecule has 10 nitrogen and oxygen atoms in total. The third-order valence-corrected chi connectivity index (χ3v) is 9.07. The van der Waals surface area contributed by atoms with Crippen LogP contribution in [0.1, 0.15) is 30.4 Å². The summed E-state index contributed by atoms with van der Waals surface area (Å²) < 4.78 is 34.0. The Morgan fingerprint density at radius 3 is 2.83 bits per heavy atom. The van der Waals surface area contributed by atoms with Gasteiger partial charge in [0.2, 0.25) is 11.8 Å². The largest absolute Gasteiger partial charge is 0.476 e. The van der Waals surface area contributed by atoms with Crippen molar-refractivity contribution in [2.24, 2.45) is 0 Å². The molecule has 0 saturated carbocycles. The van der Waals surface area contributed by atoms with Crippen molar-refractivity contribution in [2.45, 2.75) is 43.3 Å². The van der Waals surface area contributed by atoms with Crippen molar-refractivity contribution in [1.82, 2.24) is 29.4 Å². The molecule has 0 atom stereocenters. The molecule has 3 aliphatic heterocycles. The Morgan fingerprint density at radius 1 is 1.11 bits per heavy atom. The van der Waals surface area contributed by atoms with Crippen LogP contribution in [0.5, 0.6) is 5.88 Å². The summed E-state index contributed by atoms with van der Waals surface area (Å²) in [5.41, 5.74) is 5.36. The van der Waals surface area contributed by atoms with E-state index >= 15 is 0 Å². The van der Waals surface area contributed by atoms with Crippen molar-refractivity contribution in [3.05, 3.63) is 41.6 Å². The summed E-state index contributed by atoms with van der Waals surface area (Å²) in [6, 6.07) is 8.47. The second-order valence-electron chi connectivity index (χ2n) is 9.42. The van der Waals surface area contributed by atoms with Gasteiger partial charge < -0.3 is 10.1 Å². The summed E-state index contributed by atoms with van der Waals surface area (Å²) in [5.74, 6) is 0.830. The summed E-state index contributed by atoms with van der Waals surface area (Å²) in [6.07, 6.45) is 6.31. The van der Waals surface area contributed by atoms with E-state index in [1.165, 1.54) is 15.4 Å². The zero-order valence-electron chi connectivity index (χ0n) is 19.7. The Labute approximate surface area is 204 Å². The summed E-state index contributed by atoms with van der Waals surface area (Å²) in [4.78, 5) is 11.0. The van der Waals surface area contributed by atoms with Gasteiger partial charge in [-0.2, -0.15) is 9.29 Å². The quantitative estimate of drug-likeness (QED) is 0.489. The lowest BCUT2D eigenvalue weighted by atomic mass is 9.98. The van der Waals surface area contributed by atoms with Gasteiger partial charge in [0.25, 0.3) is 15.2 Å². The molecule has 1 aromatic carbocycles. The summed E-state index contributed by atoms with van der Waals surface area (Å²) in [7, 11) is -1.69. The lowest BCUT2D eigenvalue weighted by Gasteiger charge is -2.35. The highest BCUT2D eigenvalue weighted by Gasteiger charge is 2.33. The third kappa shape index (κ3) is 4.17. The van der Waals surface area contributed by atoms with Crippen LogP contribution in [-0.4, -0.2) is 77.1 Å². The molecule has 0 spiro atoms. The number of aryl methyl sites for hydroxylation is 1. The standard InChI is InChI=1S/C24H29N7O3S/c1-30-13-14-34-21-15-17(7-10-25-21)20-6-5-16-3-2-4-19(16)22(20)26-23-27-24(29-28-23)35(32,33)31-11-8-18(30)9-12-31/h5-7,10,15,18H,2-4,8-9,11-14H2,1H3,(H2,26,27,28,29). The topological polar surface area (TPSA) is 116 Å². The number of rotatable bonds is 0. The molecule has 0 unspecified atom stereocenters. The van der Waals surface area contributed by atoms with Crippen LogP contribution < -0.4 is 10.1 Å². The van der Waals surface area contributed by atoms with Crippen LogP contribution in [0, 0.1) is 0 Å². The molecule has 0 amide bonds. The Balaban J connectivity index is 1.44. The van der Waals surface area contributed by atoms with E-state index in [-0.39, 0.29) is 11.1 Å². The zero-order chi connectivity index (χ0) is 24.0. The van der Waals surface area contributed by atoms with Crippen molar-refractivity contribution in [3.63, 3.8) is 0 Å². The second kappa shape index (κ2) is 8.89. The molecule has 35 heavy (non-hydrogen) atoms. The van der Waals surface area contributed by atoms with Crippen LogP contribution in [0.4, 0.5) is 11.6 Å². The number of piperidine rings is 1. The van der Waals surface area contributed by atoms with Gasteiger partial charge in [-0.3, -0.25) is 4.90 Å². The molecule has 1 fully saturated rings. The van der Waals surface area contributed by atoms with Crippen LogP contribution in [0.3, 0.4) is 0 Å². The number of H-pyrrole nitrogens is 1. The van der Waals surface area contributed by atoms with E-state index in [1.54, 1.807) is 6.20 Å². The van der Waals surface area contributed by atoms with Gasteiger partial charge in [0, 0.05) is 43.5 Å². The molecule has 4 aliphatic rings. The maximum absolute atomic E-state index is 13.3. The van der Waals surface area contributed by atoms with Gasteiger partial charge in [-0.1, -0.05) is 12.1 Å². The normalized spacial score (nSPS) is 23.9. The van der Waals surface area contributed by atoms with Gasteiger partial charge in [0.15, 0.2) is 0 Å². The van der Waals surface area contributed by atoms with E-state index in [0.717, 1.165) is 55.5 Å². The fraction of sp³-hybridized carbons (Fsp3) is 0.458. The number of fused-ring (bicyclic) bond motifs is 6. The van der Waals surface area contributed by atoms with Crippen molar-refractivity contribution >= 4 is 21.7 Å². The first-order valence-electron chi connectivity index (χ1n) is 12.1. The number of pyridine rings is 1. The maximum Gasteiger partial charge on any atom is 0.278 e. The molecule has 1 aliphatic carbocycles. The van der Waals surface area contributed by atoms with E-state index < -0.39 is 10.0 Å². The number of nitrogens with zero attached hydrogens (tertiary/aromatic N) is 5. The van der Waals surface area contributed by atoms with Crippen molar-refractivity contribution < 1.29 is 13.2 Å². The van der Waals surface area contributed by atoms with Crippen molar-refractivity contribution in [1.29, 1.82) is 0 Å². The predicted octanol–water partition coefficient (Wildman–Crippen LogP) is 2.58. The fourth-order valence-corrected chi connectivity index (χ4v) is 6.66. The Kier molecular flexibility index (Phi) is 5.70. The summed E-state index contributed by atoms with van der Waals surface area (Å²) in [6.45, 7) is 2.14. The maximum atomic E-state index is 13.3. The molecular weight excluding hydrogens is 466 g/mol. The number of nitrogens with one attached hydrogen (secondary N) is 2. The van der Waals surface area contributed by atoms with Crippen molar-refractivity contribution in [3.8, 4) is 17.0 Å². The monoisotopic (exact) mass is 495 g/mol. The first-order valence-corrected chi connectivity index (χ1v) is 13.6. The molecule has 184 valence electrons. The minimum Gasteiger partial charge on any atom is -0.476 e. The smallest absolute Gasteiger partial charge is 0.278 e. The highest BCUT2D eigenvalue weighted by molar-refractivity contribution is 7.88. The van der Waals surface area contributed by atoms with Gasteiger partial charge >= 0.3 is 0 Å². The molecule has 1 saturated heterocycles. The van der Waals surface area contributed by atoms with Gasteiger partial charge in [-0.15, -0.1) is 5.10 Å². The molecule has 0 radical (unpaired) electrons. The average molecular weight is 496 g/mol. The molecule has 3 aromatic rings. The van der Waals surface area contributed by atoms with E-state index in [0.29, 0.717) is 31.6 Å². The second-order valence-corrected chi connectivity index (χ2v) is 11.3. The summed E-state index contributed by atoms with van der Waals surface area (Å²) in [5, 5.41) is 10.1. The van der Waals surface area contributed by atoms with Gasteiger partial charge in [0.1, 0.15) is 6.61 Å². The molecular formula is C24H29N7O3S. The van der Waals surface area contributed by atoms with Gasteiger partial charge in [-0.25, -0.2) is 18.5 Å². The van der Waals surface area contributed by atoms with Crippen LogP contribution in [0.25, 0.3) is 11.1 Å². The number of sulfonamides is 1. The first kappa shape index (κ1) is 22.4. The number of likely N-dealkylation sites (N-methyl/N-ethyl adjacent to an activating group) is 1.